The molecule has 29 heavy (non-hydrogen) atoms. The fraction of sp³-hybridized carbons (Fsp3) is 0.400. The number of aromatic amines is 1. The number of benzene rings is 1. The van der Waals surface area contributed by atoms with Gasteiger partial charge in [-0.25, -0.2) is 10.9 Å². The third-order valence-corrected chi connectivity index (χ3v) is 5.39. The number of H-pyrrole nitrogens is 1. The van der Waals surface area contributed by atoms with Crippen molar-refractivity contribution in [2.75, 3.05) is 5.32 Å². The molecular formula is C20H26N8O. The Morgan fingerprint density at radius 3 is 2.72 bits per heavy atom. The van der Waals surface area contributed by atoms with Gasteiger partial charge in [-0.1, -0.05) is 30.3 Å². The molecule has 1 aromatic carbocycles. The van der Waals surface area contributed by atoms with E-state index in [4.69, 9.17) is 0 Å². The number of hydrazine groups is 1. The maximum Gasteiger partial charge on any atom is 0.248 e. The number of hydrogen-bond acceptors (Lipinski definition) is 6. The van der Waals surface area contributed by atoms with Gasteiger partial charge < -0.3 is 0 Å². The van der Waals surface area contributed by atoms with Crippen LogP contribution >= 0.6 is 0 Å². The van der Waals surface area contributed by atoms with Crippen LogP contribution in [0.1, 0.15) is 40.8 Å². The highest BCUT2D eigenvalue weighted by Crippen LogP contribution is 2.27. The number of aromatic nitrogens is 5. The fourth-order valence-electron chi connectivity index (χ4n) is 3.78. The van der Waals surface area contributed by atoms with Crippen molar-refractivity contribution in [3.63, 3.8) is 0 Å². The molecule has 2 aromatic heterocycles. The largest absolute Gasteiger partial charge is 0.292 e. The predicted octanol–water partition coefficient (Wildman–Crippen LogP) is 1.49. The van der Waals surface area contributed by atoms with Crippen molar-refractivity contribution in [1.82, 2.24) is 35.8 Å². The van der Waals surface area contributed by atoms with Gasteiger partial charge in [-0.15, -0.1) is 5.10 Å². The second-order valence-corrected chi connectivity index (χ2v) is 7.42. The summed E-state index contributed by atoms with van der Waals surface area (Å²) >= 11 is 0. The normalized spacial score (nSPS) is 18.9. The van der Waals surface area contributed by atoms with Crippen molar-refractivity contribution in [2.45, 2.75) is 45.2 Å². The Hall–Kier alpha value is -3.04. The number of carbonyl (C=O) groups excluding carboxylic acids is 1. The van der Waals surface area contributed by atoms with E-state index >= 15 is 0 Å². The van der Waals surface area contributed by atoms with E-state index in [2.05, 4.69) is 48.6 Å². The van der Waals surface area contributed by atoms with Crippen LogP contribution in [-0.4, -0.2) is 36.9 Å². The number of carbonyl (C=O) groups is 1. The van der Waals surface area contributed by atoms with E-state index < -0.39 is 0 Å². The molecule has 0 saturated carbocycles. The van der Waals surface area contributed by atoms with Crippen LogP contribution in [0.4, 0.5) is 5.95 Å². The number of rotatable bonds is 6. The third kappa shape index (κ3) is 4.20. The highest BCUT2D eigenvalue weighted by molar-refractivity contribution is 5.93. The maximum atomic E-state index is 12.6. The molecule has 2 unspecified atom stereocenters. The Bertz CT molecular complexity index is 993. The zero-order chi connectivity index (χ0) is 20.4. The number of aryl methyl sites for hydroxylation is 4. The summed E-state index contributed by atoms with van der Waals surface area (Å²) in [5, 5.41) is 14.3. The molecule has 1 fully saturated rings. The molecule has 0 radical (unpaired) electrons. The Kier molecular flexibility index (Phi) is 5.41. The van der Waals surface area contributed by atoms with Crippen molar-refractivity contribution in [3.8, 4) is 0 Å². The summed E-state index contributed by atoms with van der Waals surface area (Å²) in [4.78, 5) is 17.0. The first-order valence-corrected chi connectivity index (χ1v) is 9.78. The molecule has 4 rings (SSSR count). The molecule has 1 saturated heterocycles. The molecule has 9 nitrogen and oxygen atoms in total. The van der Waals surface area contributed by atoms with Crippen LogP contribution < -0.4 is 16.2 Å². The van der Waals surface area contributed by atoms with E-state index in [0.717, 1.165) is 35.6 Å². The molecule has 3 heterocycles. The van der Waals surface area contributed by atoms with Crippen LogP contribution in [0.15, 0.2) is 30.3 Å². The van der Waals surface area contributed by atoms with E-state index in [1.54, 1.807) is 0 Å². The maximum absolute atomic E-state index is 12.6. The van der Waals surface area contributed by atoms with Gasteiger partial charge in [0.2, 0.25) is 11.9 Å². The van der Waals surface area contributed by atoms with Crippen LogP contribution in [-0.2, 0) is 24.7 Å². The van der Waals surface area contributed by atoms with Gasteiger partial charge in [0.25, 0.3) is 0 Å². The van der Waals surface area contributed by atoms with Crippen LogP contribution in [0.2, 0.25) is 0 Å². The van der Waals surface area contributed by atoms with E-state index in [1.807, 2.05) is 43.8 Å². The average molecular weight is 394 g/mol. The van der Waals surface area contributed by atoms with Crippen molar-refractivity contribution in [3.05, 3.63) is 58.7 Å². The van der Waals surface area contributed by atoms with Gasteiger partial charge in [-0.05, 0) is 32.3 Å². The van der Waals surface area contributed by atoms with Crippen molar-refractivity contribution >= 4 is 11.9 Å². The van der Waals surface area contributed by atoms with E-state index in [-0.39, 0.29) is 18.0 Å². The molecule has 1 amide bonds. The Balaban J connectivity index is 1.32. The summed E-state index contributed by atoms with van der Waals surface area (Å²) in [5.74, 6) is 0.894. The van der Waals surface area contributed by atoms with Crippen LogP contribution in [0, 0.1) is 13.8 Å². The summed E-state index contributed by atoms with van der Waals surface area (Å²) in [6.45, 7) is 4.02. The van der Waals surface area contributed by atoms with Gasteiger partial charge in [-0.2, -0.15) is 10.1 Å². The molecule has 1 aliphatic rings. The Labute approximate surface area is 169 Å². The first kappa shape index (κ1) is 19.3. The minimum atomic E-state index is -0.370. The highest BCUT2D eigenvalue weighted by atomic mass is 16.2. The first-order chi connectivity index (χ1) is 14.0. The Morgan fingerprint density at radius 2 is 2.00 bits per heavy atom. The van der Waals surface area contributed by atoms with E-state index in [0.29, 0.717) is 12.4 Å². The number of amides is 1. The lowest BCUT2D eigenvalue weighted by molar-refractivity contribution is -0.117. The molecule has 2 atom stereocenters. The van der Waals surface area contributed by atoms with Crippen LogP contribution in [0.5, 0.6) is 0 Å². The topological polar surface area (TPSA) is 113 Å². The molecule has 0 spiro atoms. The fourth-order valence-corrected chi connectivity index (χ4v) is 3.78. The first-order valence-electron chi connectivity index (χ1n) is 9.78. The lowest BCUT2D eigenvalue weighted by atomic mass is 10.00. The summed E-state index contributed by atoms with van der Waals surface area (Å²) in [6, 6.07) is 9.87. The number of nitrogens with zero attached hydrogens (tertiary/aromatic N) is 4. The van der Waals surface area contributed by atoms with Crippen LogP contribution in [0.3, 0.4) is 0 Å². The van der Waals surface area contributed by atoms with Crippen LogP contribution in [0.25, 0.3) is 0 Å². The van der Waals surface area contributed by atoms with Gasteiger partial charge >= 0.3 is 0 Å². The molecule has 152 valence electrons. The number of nitrogens with one attached hydrogen (secondary N) is 4. The minimum Gasteiger partial charge on any atom is -0.292 e. The predicted molar refractivity (Wildman–Crippen MR) is 109 cm³/mol. The van der Waals surface area contributed by atoms with E-state index in [9.17, 15) is 4.79 Å². The van der Waals surface area contributed by atoms with E-state index in [1.165, 1.54) is 5.56 Å². The highest BCUT2D eigenvalue weighted by Gasteiger charge is 2.33. The number of anilines is 1. The van der Waals surface area contributed by atoms with Crippen molar-refractivity contribution in [2.24, 2.45) is 7.05 Å². The zero-order valence-corrected chi connectivity index (χ0v) is 16.9. The second kappa shape index (κ2) is 8.14. The van der Waals surface area contributed by atoms with Crippen molar-refractivity contribution in [1.29, 1.82) is 0 Å². The summed E-state index contributed by atoms with van der Waals surface area (Å²) in [7, 11) is 1.93. The SMILES string of the molecule is Cc1nn(C)c(C)c1C1CC(C(=O)Nc2n[nH]c(CCc3ccccc3)n2)NN1. The summed E-state index contributed by atoms with van der Waals surface area (Å²) in [5.41, 5.74) is 10.7. The Morgan fingerprint density at radius 1 is 1.21 bits per heavy atom. The van der Waals surface area contributed by atoms with Gasteiger partial charge in [0.05, 0.1) is 11.7 Å². The molecule has 3 aromatic rings. The zero-order valence-electron chi connectivity index (χ0n) is 16.9. The monoisotopic (exact) mass is 394 g/mol. The summed E-state index contributed by atoms with van der Waals surface area (Å²) in [6.07, 6.45) is 2.23. The minimum absolute atomic E-state index is 0.0352. The molecular weight excluding hydrogens is 368 g/mol. The summed E-state index contributed by atoms with van der Waals surface area (Å²) < 4.78 is 1.87. The van der Waals surface area contributed by atoms with Gasteiger partial charge in [0, 0.05) is 24.7 Å². The second-order valence-electron chi connectivity index (χ2n) is 7.42. The third-order valence-electron chi connectivity index (χ3n) is 5.39. The lowest BCUT2D eigenvalue weighted by Crippen LogP contribution is -2.39. The van der Waals surface area contributed by atoms with Gasteiger partial charge in [0.15, 0.2) is 0 Å². The standard InChI is InChI=1S/C20H26N8O/c1-12-18(13(2)28(3)27-12)15-11-16(24-23-15)19(29)22-20-21-17(25-26-20)10-9-14-7-5-4-6-8-14/h4-8,15-16,23-24H,9-11H2,1-3H3,(H2,21,22,25,26,29). The molecule has 1 aliphatic heterocycles. The average Bonchev–Trinajstić information content (AvgIpc) is 3.42. The molecule has 0 bridgehead atoms. The quantitative estimate of drug-likeness (QED) is 0.504. The molecule has 9 heteroatoms. The lowest BCUT2D eigenvalue weighted by Gasteiger charge is -2.10. The molecule has 4 N–H and O–H groups in total. The molecule has 0 aliphatic carbocycles. The number of hydrogen-bond donors (Lipinski definition) is 4. The van der Waals surface area contributed by atoms with Gasteiger partial charge in [0.1, 0.15) is 11.9 Å². The van der Waals surface area contributed by atoms with Crippen molar-refractivity contribution < 1.29 is 4.79 Å². The smallest absolute Gasteiger partial charge is 0.248 e. The van der Waals surface area contributed by atoms with Gasteiger partial charge in [-0.3, -0.25) is 19.9 Å².